The Kier molecular flexibility index (Phi) is 4.41. The Labute approximate surface area is 65.2 Å². The van der Waals surface area contributed by atoms with Gasteiger partial charge in [0.25, 0.3) is 0 Å². The van der Waals surface area contributed by atoms with Crippen LogP contribution in [0.3, 0.4) is 0 Å². The standard InChI is InChI=1S/C7H8O.Mn/c8-6-7-4-2-1-3-5-7;/h1-5,8H,6H2;. The first-order valence-corrected chi connectivity index (χ1v) is 2.58. The summed E-state index contributed by atoms with van der Waals surface area (Å²) in [5, 5.41) is 8.54. The molecule has 0 aliphatic rings. The first-order valence-electron chi connectivity index (χ1n) is 2.58. The minimum absolute atomic E-state index is 0. The van der Waals surface area contributed by atoms with Gasteiger partial charge in [-0.05, 0) is 5.56 Å². The molecule has 0 spiro atoms. The van der Waals surface area contributed by atoms with Crippen LogP contribution in [0.25, 0.3) is 0 Å². The average Bonchev–Trinajstić information content (AvgIpc) is 1.90. The Morgan fingerprint density at radius 1 is 1.11 bits per heavy atom. The van der Waals surface area contributed by atoms with Gasteiger partial charge >= 0.3 is 0 Å². The fourth-order valence-corrected chi connectivity index (χ4v) is 0.583. The van der Waals surface area contributed by atoms with Gasteiger partial charge in [0, 0.05) is 17.1 Å². The van der Waals surface area contributed by atoms with Crippen LogP contribution in [0.5, 0.6) is 0 Å². The van der Waals surface area contributed by atoms with Crippen LogP contribution < -0.4 is 0 Å². The van der Waals surface area contributed by atoms with Gasteiger partial charge in [-0.25, -0.2) is 0 Å². The molecule has 49 valence electrons. The Morgan fingerprint density at radius 3 is 2.00 bits per heavy atom. The van der Waals surface area contributed by atoms with Crippen LogP contribution in [-0.2, 0) is 23.7 Å². The maximum atomic E-state index is 8.54. The van der Waals surface area contributed by atoms with E-state index in [1.54, 1.807) is 0 Å². The van der Waals surface area contributed by atoms with E-state index in [1.807, 2.05) is 30.3 Å². The zero-order valence-electron chi connectivity index (χ0n) is 4.92. The van der Waals surface area contributed by atoms with Crippen molar-refractivity contribution in [1.82, 2.24) is 0 Å². The number of rotatable bonds is 1. The predicted octanol–water partition coefficient (Wildman–Crippen LogP) is 1.18. The van der Waals surface area contributed by atoms with Gasteiger partial charge in [-0.15, -0.1) is 0 Å². The van der Waals surface area contributed by atoms with E-state index < -0.39 is 0 Å². The number of aliphatic hydroxyl groups is 1. The van der Waals surface area contributed by atoms with Gasteiger partial charge < -0.3 is 5.11 Å². The maximum absolute atomic E-state index is 8.54. The number of hydrogen-bond acceptors (Lipinski definition) is 1. The molecule has 0 fully saturated rings. The van der Waals surface area contributed by atoms with Crippen LogP contribution in [-0.4, -0.2) is 5.11 Å². The molecule has 0 heterocycles. The second-order valence-corrected chi connectivity index (χ2v) is 1.64. The summed E-state index contributed by atoms with van der Waals surface area (Å²) in [6.07, 6.45) is 0. The van der Waals surface area contributed by atoms with Crippen molar-refractivity contribution >= 4 is 0 Å². The van der Waals surface area contributed by atoms with Crippen LogP contribution in [0.1, 0.15) is 5.56 Å². The molecule has 1 radical (unpaired) electrons. The van der Waals surface area contributed by atoms with Gasteiger partial charge in [-0.2, -0.15) is 0 Å². The van der Waals surface area contributed by atoms with Gasteiger partial charge in [-0.1, -0.05) is 30.3 Å². The molecule has 1 rings (SSSR count). The molecule has 0 amide bonds. The zero-order valence-corrected chi connectivity index (χ0v) is 6.10. The van der Waals surface area contributed by atoms with E-state index in [4.69, 9.17) is 5.11 Å². The van der Waals surface area contributed by atoms with Crippen molar-refractivity contribution in [2.75, 3.05) is 0 Å². The van der Waals surface area contributed by atoms with Crippen molar-refractivity contribution in [1.29, 1.82) is 0 Å². The second kappa shape index (κ2) is 4.57. The van der Waals surface area contributed by atoms with E-state index in [0.717, 1.165) is 5.56 Å². The Bertz CT molecular complexity index is 150. The van der Waals surface area contributed by atoms with E-state index in [1.165, 1.54) is 0 Å². The number of aliphatic hydroxyl groups excluding tert-OH is 1. The number of hydrogen-bond donors (Lipinski definition) is 1. The van der Waals surface area contributed by atoms with Gasteiger partial charge in [0.05, 0.1) is 6.61 Å². The fraction of sp³-hybridized carbons (Fsp3) is 0.143. The van der Waals surface area contributed by atoms with E-state index in [-0.39, 0.29) is 23.7 Å². The third-order valence-electron chi connectivity index (χ3n) is 1.03. The predicted molar refractivity (Wildman–Crippen MR) is 32.4 cm³/mol. The normalized spacial score (nSPS) is 8.11. The van der Waals surface area contributed by atoms with Crippen LogP contribution >= 0.6 is 0 Å². The molecule has 0 atom stereocenters. The minimum Gasteiger partial charge on any atom is -0.392 e. The van der Waals surface area contributed by atoms with E-state index >= 15 is 0 Å². The molecule has 0 saturated carbocycles. The summed E-state index contributed by atoms with van der Waals surface area (Å²) in [6.45, 7) is 0.140. The minimum atomic E-state index is 0. The van der Waals surface area contributed by atoms with Crippen molar-refractivity contribution in [3.05, 3.63) is 35.9 Å². The molecule has 0 unspecified atom stereocenters. The SMILES string of the molecule is OCc1ccccc1.[Mn]. The summed E-state index contributed by atoms with van der Waals surface area (Å²) >= 11 is 0. The van der Waals surface area contributed by atoms with Crippen LogP contribution in [0.2, 0.25) is 0 Å². The molecule has 0 bridgehead atoms. The van der Waals surface area contributed by atoms with Gasteiger partial charge in [0.1, 0.15) is 0 Å². The maximum Gasteiger partial charge on any atom is 0.0681 e. The van der Waals surface area contributed by atoms with E-state index in [0.29, 0.717) is 0 Å². The molecule has 1 nitrogen and oxygen atoms in total. The molecule has 0 aliphatic heterocycles. The molecule has 0 aromatic heterocycles. The average molecular weight is 163 g/mol. The zero-order chi connectivity index (χ0) is 5.82. The van der Waals surface area contributed by atoms with Crippen LogP contribution in [0.4, 0.5) is 0 Å². The molecule has 2 heteroatoms. The first kappa shape index (κ1) is 8.70. The van der Waals surface area contributed by atoms with Gasteiger partial charge in [0.15, 0.2) is 0 Å². The van der Waals surface area contributed by atoms with Crippen molar-refractivity contribution in [2.45, 2.75) is 6.61 Å². The molecule has 9 heavy (non-hydrogen) atoms. The van der Waals surface area contributed by atoms with E-state index in [9.17, 15) is 0 Å². The molecule has 0 saturated heterocycles. The summed E-state index contributed by atoms with van der Waals surface area (Å²) in [4.78, 5) is 0. The van der Waals surface area contributed by atoms with Crippen molar-refractivity contribution < 1.29 is 22.2 Å². The second-order valence-electron chi connectivity index (χ2n) is 1.64. The van der Waals surface area contributed by atoms with Crippen molar-refractivity contribution in [3.8, 4) is 0 Å². The third-order valence-corrected chi connectivity index (χ3v) is 1.03. The third kappa shape index (κ3) is 2.66. The monoisotopic (exact) mass is 163 g/mol. The quantitative estimate of drug-likeness (QED) is 0.616. The summed E-state index contributed by atoms with van der Waals surface area (Å²) < 4.78 is 0. The molecular formula is C7H8MnO. The van der Waals surface area contributed by atoms with Crippen LogP contribution in [0.15, 0.2) is 30.3 Å². The first-order chi connectivity index (χ1) is 3.93. The Morgan fingerprint density at radius 2 is 1.67 bits per heavy atom. The summed E-state index contributed by atoms with van der Waals surface area (Å²) in [6, 6.07) is 9.52. The molecular weight excluding hydrogens is 155 g/mol. The topological polar surface area (TPSA) is 20.2 Å². The van der Waals surface area contributed by atoms with Gasteiger partial charge in [0.2, 0.25) is 0 Å². The largest absolute Gasteiger partial charge is 0.392 e. The van der Waals surface area contributed by atoms with Crippen molar-refractivity contribution in [2.24, 2.45) is 0 Å². The van der Waals surface area contributed by atoms with E-state index in [2.05, 4.69) is 0 Å². The smallest absolute Gasteiger partial charge is 0.0681 e. The Hall–Kier alpha value is -0.301. The molecule has 1 N–H and O–H groups in total. The molecule has 0 aliphatic carbocycles. The summed E-state index contributed by atoms with van der Waals surface area (Å²) in [5.74, 6) is 0. The van der Waals surface area contributed by atoms with Gasteiger partial charge in [-0.3, -0.25) is 0 Å². The number of benzene rings is 1. The summed E-state index contributed by atoms with van der Waals surface area (Å²) in [5.41, 5.74) is 0.965. The Balaban J connectivity index is 0.000000640. The summed E-state index contributed by atoms with van der Waals surface area (Å²) in [7, 11) is 0. The van der Waals surface area contributed by atoms with Crippen LogP contribution in [0, 0.1) is 0 Å². The fourth-order valence-electron chi connectivity index (χ4n) is 0.583. The molecule has 1 aromatic carbocycles. The molecule has 1 aromatic rings. The van der Waals surface area contributed by atoms with Crippen molar-refractivity contribution in [3.63, 3.8) is 0 Å².